The number of fused-ring (bicyclic) bond motifs is 1. The maximum atomic E-state index is 14.4. The second kappa shape index (κ2) is 20.6. The van der Waals surface area contributed by atoms with E-state index in [2.05, 4.69) is 10.6 Å². The molecule has 306 valence electrons. The summed E-state index contributed by atoms with van der Waals surface area (Å²) in [5.41, 5.74) is 0.532. The highest BCUT2D eigenvalue weighted by atomic mass is 35.5. The van der Waals surface area contributed by atoms with E-state index < -0.39 is 84.0 Å². The Morgan fingerprint density at radius 2 is 1.62 bits per heavy atom. The van der Waals surface area contributed by atoms with Gasteiger partial charge in [0.2, 0.25) is 23.6 Å². The number of esters is 2. The first-order chi connectivity index (χ1) is 26.0. The van der Waals surface area contributed by atoms with Crippen LogP contribution >= 0.6 is 11.6 Å². The maximum Gasteiger partial charge on any atom is 0.340 e. The first-order valence-electron chi connectivity index (χ1n) is 18.9. The summed E-state index contributed by atoms with van der Waals surface area (Å²) in [5, 5.41) is 5.54. The molecular weight excluding hydrogens is 734 g/mol. The molecule has 15 nitrogen and oxygen atoms in total. The predicted molar refractivity (Wildman–Crippen MR) is 203 cm³/mol. The number of nitrogens with zero attached hydrogens (tertiary/aromatic N) is 3. The highest BCUT2D eigenvalue weighted by molar-refractivity contribution is 6.18. The predicted octanol–water partition coefficient (Wildman–Crippen LogP) is 2.44. The fourth-order valence-electron chi connectivity index (χ4n) is 6.99. The number of hydrogen-bond donors (Lipinski definition) is 2. The van der Waals surface area contributed by atoms with Crippen LogP contribution in [0, 0.1) is 17.8 Å². The second-order valence-corrected chi connectivity index (χ2v) is 15.2. The number of carbonyl (C=O) groups excluding carboxylic acids is 7. The molecule has 1 aromatic carbocycles. The number of cyclic esters (lactones) is 1. The summed E-state index contributed by atoms with van der Waals surface area (Å²) in [6.45, 7) is 10.6. The van der Waals surface area contributed by atoms with Gasteiger partial charge in [-0.1, -0.05) is 71.4 Å². The summed E-state index contributed by atoms with van der Waals surface area (Å²) in [4.78, 5) is 100. The zero-order valence-corrected chi connectivity index (χ0v) is 34.2. The maximum absolute atomic E-state index is 14.4. The number of halogens is 1. The Hall–Kier alpha value is -4.24. The van der Waals surface area contributed by atoms with Crippen LogP contribution in [0.1, 0.15) is 78.9 Å². The quantitative estimate of drug-likeness (QED) is 0.264. The van der Waals surface area contributed by atoms with Crippen molar-refractivity contribution >= 4 is 53.1 Å². The van der Waals surface area contributed by atoms with E-state index in [1.807, 2.05) is 20.8 Å². The lowest BCUT2D eigenvalue weighted by Gasteiger charge is -2.38. The molecule has 2 saturated heterocycles. The van der Waals surface area contributed by atoms with Crippen molar-refractivity contribution in [3.8, 4) is 0 Å². The smallest absolute Gasteiger partial charge is 0.340 e. The Morgan fingerprint density at radius 3 is 2.20 bits per heavy atom. The van der Waals surface area contributed by atoms with Crippen molar-refractivity contribution in [3.05, 3.63) is 35.9 Å². The summed E-state index contributed by atoms with van der Waals surface area (Å²) in [6, 6.07) is 4.61. The van der Waals surface area contributed by atoms with E-state index >= 15 is 0 Å². The number of nitrogens with one attached hydrogen (secondary N) is 2. The number of ether oxygens (including phenoxy) is 3. The molecular formula is C39H58ClN5O10. The second-order valence-electron chi connectivity index (χ2n) is 14.9. The SMILES string of the molecule is CC[C@H](C)[C@@H]1NC(=O)[C@@H]2[C@@H](C)CCN2C(=O)[C@@H](C[C@@H](CCl)OC(=O)[C@H](OC)c2ccccc2)OC(=O)CCNC(=O)[C@H](C)N(C)C(=O)[C@H](C(C)C)N(C)C1=O. The molecule has 2 fully saturated rings. The van der Waals surface area contributed by atoms with Crippen LogP contribution in [0.2, 0.25) is 0 Å². The monoisotopic (exact) mass is 791 g/mol. The van der Waals surface area contributed by atoms with E-state index in [-0.39, 0.29) is 49.6 Å². The van der Waals surface area contributed by atoms with Gasteiger partial charge < -0.3 is 39.5 Å². The molecule has 2 heterocycles. The van der Waals surface area contributed by atoms with Crippen LogP contribution in [0.15, 0.2) is 30.3 Å². The van der Waals surface area contributed by atoms with Crippen molar-refractivity contribution in [2.24, 2.45) is 17.8 Å². The lowest BCUT2D eigenvalue weighted by molar-refractivity contribution is -0.169. The first kappa shape index (κ1) is 45.2. The Bertz CT molecular complexity index is 1530. The van der Waals surface area contributed by atoms with Gasteiger partial charge in [-0.15, -0.1) is 11.6 Å². The van der Waals surface area contributed by atoms with Gasteiger partial charge in [0.05, 0.1) is 12.3 Å². The van der Waals surface area contributed by atoms with Crippen molar-refractivity contribution in [2.75, 3.05) is 40.2 Å². The summed E-state index contributed by atoms with van der Waals surface area (Å²) in [5.74, 6) is -5.74. The molecule has 0 aromatic heterocycles. The molecule has 5 amide bonds. The fourth-order valence-corrected chi connectivity index (χ4v) is 7.18. The van der Waals surface area contributed by atoms with Gasteiger partial charge >= 0.3 is 11.9 Å². The van der Waals surface area contributed by atoms with E-state index in [0.717, 1.165) is 0 Å². The van der Waals surface area contributed by atoms with E-state index in [1.54, 1.807) is 44.2 Å². The molecule has 3 rings (SSSR count). The summed E-state index contributed by atoms with van der Waals surface area (Å²) in [7, 11) is 4.32. The average Bonchev–Trinajstić information content (AvgIpc) is 3.55. The molecule has 0 bridgehead atoms. The van der Waals surface area contributed by atoms with Crippen LogP contribution in [0.3, 0.4) is 0 Å². The van der Waals surface area contributed by atoms with Crippen LogP contribution in [0.25, 0.3) is 0 Å². The summed E-state index contributed by atoms with van der Waals surface area (Å²) < 4.78 is 16.8. The molecule has 16 heteroatoms. The van der Waals surface area contributed by atoms with Crippen LogP contribution in [-0.4, -0.2) is 133 Å². The molecule has 0 spiro atoms. The first-order valence-corrected chi connectivity index (χ1v) is 19.5. The number of benzene rings is 1. The van der Waals surface area contributed by atoms with Gasteiger partial charge in [0, 0.05) is 40.7 Å². The Balaban J connectivity index is 2.03. The summed E-state index contributed by atoms with van der Waals surface area (Å²) >= 11 is 6.27. The number of rotatable bonds is 10. The largest absolute Gasteiger partial charge is 0.459 e. The molecule has 0 unspecified atom stereocenters. The van der Waals surface area contributed by atoms with Gasteiger partial charge in [0.15, 0.2) is 12.2 Å². The number of likely N-dealkylation sites (N-methyl/N-ethyl adjacent to an activating group) is 2. The Morgan fingerprint density at radius 1 is 0.964 bits per heavy atom. The number of alkyl halides is 1. The normalized spacial score (nSPS) is 26.9. The lowest BCUT2D eigenvalue weighted by atomic mass is 9.94. The van der Waals surface area contributed by atoms with Crippen LogP contribution < -0.4 is 10.6 Å². The molecule has 2 N–H and O–H groups in total. The molecule has 1 aromatic rings. The van der Waals surface area contributed by atoms with E-state index in [0.29, 0.717) is 18.4 Å². The Kier molecular flexibility index (Phi) is 16.9. The minimum atomic E-state index is -1.53. The number of amides is 5. The highest BCUT2D eigenvalue weighted by Crippen LogP contribution is 2.28. The van der Waals surface area contributed by atoms with Gasteiger partial charge in [-0.25, -0.2) is 4.79 Å². The molecule has 55 heavy (non-hydrogen) atoms. The van der Waals surface area contributed by atoms with Gasteiger partial charge in [-0.05, 0) is 36.7 Å². The third-order valence-corrected chi connectivity index (χ3v) is 11.0. The minimum absolute atomic E-state index is 0.142. The summed E-state index contributed by atoms with van der Waals surface area (Å²) in [6.07, 6.45) is -3.47. The zero-order chi connectivity index (χ0) is 41.1. The standard InChI is InChI=1S/C39H58ClN5O10/c1-10-23(4)30-37(50)44(8)31(22(2)3)38(51)43(7)25(6)34(47)41-18-16-29(46)55-28(36(49)45-19-17-24(5)32(45)35(48)42-30)20-27(21-40)54-39(52)33(53-9)26-14-12-11-13-15-26/h11-15,22-25,27-28,30-33H,10,16-21H2,1-9H3,(H,41,47)(H,42,48)/t23-,24-,25-,27-,28+,30-,31-,32-,33+/m0/s1. The third kappa shape index (κ3) is 11.2. The van der Waals surface area contributed by atoms with Gasteiger partial charge in [-0.3, -0.25) is 28.8 Å². The fraction of sp³-hybridized carbons (Fsp3) is 0.667. The number of carbonyl (C=O) groups is 7. The molecule has 0 radical (unpaired) electrons. The van der Waals surface area contributed by atoms with Gasteiger partial charge in [0.1, 0.15) is 30.3 Å². The molecule has 9 atom stereocenters. The van der Waals surface area contributed by atoms with Crippen LogP contribution in [0.4, 0.5) is 0 Å². The lowest BCUT2D eigenvalue weighted by Crippen LogP contribution is -2.61. The van der Waals surface area contributed by atoms with E-state index in [1.165, 1.54) is 42.8 Å². The highest BCUT2D eigenvalue weighted by Gasteiger charge is 2.46. The van der Waals surface area contributed by atoms with Crippen LogP contribution in [0.5, 0.6) is 0 Å². The third-order valence-electron chi connectivity index (χ3n) is 10.6. The molecule has 2 aliphatic heterocycles. The Labute approximate surface area is 329 Å². The molecule has 2 aliphatic rings. The van der Waals surface area contributed by atoms with Crippen molar-refractivity contribution in [3.63, 3.8) is 0 Å². The zero-order valence-electron chi connectivity index (χ0n) is 33.4. The van der Waals surface area contributed by atoms with Crippen molar-refractivity contribution in [1.29, 1.82) is 0 Å². The van der Waals surface area contributed by atoms with Gasteiger partial charge in [-0.2, -0.15) is 0 Å². The minimum Gasteiger partial charge on any atom is -0.459 e. The van der Waals surface area contributed by atoms with Crippen molar-refractivity contribution < 1.29 is 47.8 Å². The van der Waals surface area contributed by atoms with Crippen LogP contribution in [-0.2, 0) is 47.8 Å². The number of hydrogen-bond acceptors (Lipinski definition) is 10. The number of methoxy groups -OCH3 is 1. The molecule has 0 saturated carbocycles. The topological polar surface area (TPSA) is 181 Å². The molecule has 0 aliphatic carbocycles. The van der Waals surface area contributed by atoms with Crippen molar-refractivity contribution in [2.45, 2.75) is 110 Å². The van der Waals surface area contributed by atoms with E-state index in [4.69, 9.17) is 25.8 Å². The van der Waals surface area contributed by atoms with Crippen molar-refractivity contribution in [1.82, 2.24) is 25.3 Å². The van der Waals surface area contributed by atoms with Gasteiger partial charge in [0.25, 0.3) is 5.91 Å². The van der Waals surface area contributed by atoms with E-state index in [9.17, 15) is 33.6 Å². The average molecular weight is 792 g/mol.